The Morgan fingerprint density at radius 2 is 1.86 bits per heavy atom. The number of aromatic nitrogens is 1. The van der Waals surface area contributed by atoms with Gasteiger partial charge in [0.2, 0.25) is 5.78 Å². The molecule has 5 nitrogen and oxygen atoms in total. The summed E-state index contributed by atoms with van der Waals surface area (Å²) in [6, 6.07) is 14.9. The number of aryl methyl sites for hydroxylation is 2. The van der Waals surface area contributed by atoms with Crippen molar-refractivity contribution in [3.05, 3.63) is 92.8 Å². The minimum atomic E-state index is -0.145. The van der Waals surface area contributed by atoms with Crippen LogP contribution in [0.2, 0.25) is 10.0 Å². The number of Topliss-reactive ketones (excluding diaryl/α,β-unsaturated/α-hetero) is 1. The Kier molecular flexibility index (Phi) is 6.22. The van der Waals surface area contributed by atoms with Crippen molar-refractivity contribution < 1.29 is 19.0 Å². The molecule has 1 aromatic heterocycles. The molecule has 0 radical (unpaired) electrons. The summed E-state index contributed by atoms with van der Waals surface area (Å²) in [6.07, 6.45) is 3.82. The van der Waals surface area contributed by atoms with Crippen molar-refractivity contribution >= 4 is 46.0 Å². The summed E-state index contributed by atoms with van der Waals surface area (Å²) in [5.41, 5.74) is 4.19. The highest BCUT2D eigenvalue weighted by Gasteiger charge is 2.30. The second-order valence-electron chi connectivity index (χ2n) is 8.34. The monoisotopic (exact) mass is 507 g/mol. The zero-order valence-corrected chi connectivity index (χ0v) is 21.0. The van der Waals surface area contributed by atoms with Crippen molar-refractivity contribution in [1.82, 2.24) is 4.57 Å². The summed E-state index contributed by atoms with van der Waals surface area (Å²) in [7, 11) is 1.64. The fourth-order valence-corrected chi connectivity index (χ4v) is 4.63. The van der Waals surface area contributed by atoms with Crippen molar-refractivity contribution in [2.75, 3.05) is 7.11 Å². The van der Waals surface area contributed by atoms with Gasteiger partial charge in [-0.1, -0.05) is 29.3 Å². The third kappa shape index (κ3) is 4.38. The largest absolute Gasteiger partial charge is 0.497 e. The highest BCUT2D eigenvalue weighted by Crippen LogP contribution is 2.39. The van der Waals surface area contributed by atoms with E-state index in [9.17, 15) is 4.79 Å². The highest BCUT2D eigenvalue weighted by molar-refractivity contribution is 6.42. The maximum Gasteiger partial charge on any atom is 0.232 e. The fourth-order valence-electron chi connectivity index (χ4n) is 4.31. The first-order valence-electron chi connectivity index (χ1n) is 11.2. The molecule has 0 saturated carbocycles. The van der Waals surface area contributed by atoms with Gasteiger partial charge in [0.05, 0.1) is 22.7 Å². The van der Waals surface area contributed by atoms with Gasteiger partial charge in [-0.25, -0.2) is 0 Å². The molecule has 0 saturated heterocycles. The van der Waals surface area contributed by atoms with Crippen LogP contribution in [0.4, 0.5) is 0 Å². The lowest BCUT2D eigenvalue weighted by molar-refractivity contribution is 0.101. The highest BCUT2D eigenvalue weighted by atomic mass is 35.5. The average Bonchev–Trinajstić information content (AvgIpc) is 3.36. The number of allylic oxidation sites excluding steroid dienone is 1. The van der Waals surface area contributed by atoms with E-state index in [4.69, 9.17) is 37.4 Å². The zero-order valence-electron chi connectivity index (χ0n) is 19.5. The number of nitrogens with zero attached hydrogens (tertiary/aromatic N) is 1. The van der Waals surface area contributed by atoms with Gasteiger partial charge in [-0.15, -0.1) is 0 Å². The van der Waals surface area contributed by atoms with Crippen molar-refractivity contribution in [1.29, 1.82) is 0 Å². The first kappa shape index (κ1) is 23.3. The predicted octanol–water partition coefficient (Wildman–Crippen LogP) is 7.48. The van der Waals surface area contributed by atoms with Crippen LogP contribution in [0.1, 0.15) is 34.0 Å². The summed E-state index contributed by atoms with van der Waals surface area (Å²) in [5, 5.41) is 1.97. The van der Waals surface area contributed by atoms with Crippen LogP contribution in [0.25, 0.3) is 17.0 Å². The van der Waals surface area contributed by atoms with Gasteiger partial charge >= 0.3 is 0 Å². The van der Waals surface area contributed by atoms with E-state index in [1.807, 2.05) is 43.5 Å². The number of ether oxygens (including phenoxy) is 3. The topological polar surface area (TPSA) is 49.7 Å². The number of benzene rings is 3. The van der Waals surface area contributed by atoms with Gasteiger partial charge in [-0.05, 0) is 67.4 Å². The second-order valence-corrected chi connectivity index (χ2v) is 9.16. The normalized spacial score (nSPS) is 13.9. The number of hydrogen-bond acceptors (Lipinski definition) is 4. The second kappa shape index (κ2) is 9.33. The average molecular weight is 508 g/mol. The van der Waals surface area contributed by atoms with Gasteiger partial charge in [0.1, 0.15) is 23.9 Å². The van der Waals surface area contributed by atoms with Crippen LogP contribution < -0.4 is 14.2 Å². The molecule has 0 atom stereocenters. The molecule has 0 fully saturated rings. The van der Waals surface area contributed by atoms with Crippen LogP contribution in [0.15, 0.2) is 60.5 Å². The van der Waals surface area contributed by atoms with Crippen LogP contribution >= 0.6 is 23.2 Å². The third-order valence-electron chi connectivity index (χ3n) is 6.08. The lowest BCUT2D eigenvalue weighted by atomic mass is 10.0. The van der Waals surface area contributed by atoms with Crippen LogP contribution in [0.5, 0.6) is 17.2 Å². The van der Waals surface area contributed by atoms with Crippen LogP contribution in [0.3, 0.4) is 0 Å². The Labute approximate surface area is 213 Å². The number of carbonyl (C=O) groups excluding carboxylic acids is 1. The molecule has 35 heavy (non-hydrogen) atoms. The molecule has 0 unspecified atom stereocenters. The molecular weight excluding hydrogens is 485 g/mol. The summed E-state index contributed by atoms with van der Waals surface area (Å²) in [4.78, 5) is 13.2. The Morgan fingerprint density at radius 3 is 2.60 bits per heavy atom. The molecule has 1 aliphatic rings. The number of rotatable bonds is 6. The molecule has 3 aromatic carbocycles. The first-order chi connectivity index (χ1) is 16.9. The number of carbonyl (C=O) groups is 1. The minimum Gasteiger partial charge on any atom is -0.497 e. The maximum absolute atomic E-state index is 13.2. The molecule has 1 aliphatic heterocycles. The molecule has 4 aromatic rings. The number of methoxy groups -OCH3 is 1. The van der Waals surface area contributed by atoms with E-state index in [0.717, 1.165) is 39.9 Å². The predicted molar refractivity (Wildman–Crippen MR) is 139 cm³/mol. The first-order valence-corrected chi connectivity index (χ1v) is 12.0. The molecule has 0 bridgehead atoms. The fraction of sp³-hybridized carbons (Fsp3) is 0.179. The van der Waals surface area contributed by atoms with Gasteiger partial charge < -0.3 is 18.8 Å². The molecule has 5 rings (SSSR count). The van der Waals surface area contributed by atoms with Gasteiger partial charge in [-0.2, -0.15) is 0 Å². The number of fused-ring (bicyclic) bond motifs is 2. The molecular formula is C28H23Cl2NO4. The Hall–Kier alpha value is -3.41. The molecule has 0 N–H and O–H groups in total. The lowest BCUT2D eigenvalue weighted by Crippen LogP contribution is -2.00. The van der Waals surface area contributed by atoms with Crippen LogP contribution in [-0.2, 0) is 13.2 Å². The maximum atomic E-state index is 13.2. The van der Waals surface area contributed by atoms with E-state index in [1.165, 1.54) is 0 Å². The van der Waals surface area contributed by atoms with Crippen LogP contribution in [-0.4, -0.2) is 17.5 Å². The van der Waals surface area contributed by atoms with Crippen molar-refractivity contribution in [2.45, 2.75) is 27.0 Å². The van der Waals surface area contributed by atoms with E-state index in [-0.39, 0.29) is 11.5 Å². The van der Waals surface area contributed by atoms with Gasteiger partial charge in [0, 0.05) is 35.3 Å². The van der Waals surface area contributed by atoms with E-state index in [1.54, 1.807) is 31.4 Å². The van der Waals surface area contributed by atoms with E-state index < -0.39 is 0 Å². The van der Waals surface area contributed by atoms with Gasteiger partial charge in [0.15, 0.2) is 5.76 Å². The van der Waals surface area contributed by atoms with E-state index in [2.05, 4.69) is 11.5 Å². The molecule has 2 heterocycles. The number of halogens is 2. The molecule has 0 aliphatic carbocycles. The van der Waals surface area contributed by atoms with Crippen molar-refractivity contribution in [2.24, 2.45) is 0 Å². The molecule has 0 amide bonds. The van der Waals surface area contributed by atoms with E-state index >= 15 is 0 Å². The summed E-state index contributed by atoms with van der Waals surface area (Å²) in [6.45, 7) is 5.07. The molecule has 7 heteroatoms. The number of hydrogen-bond donors (Lipinski definition) is 0. The lowest BCUT2D eigenvalue weighted by Gasteiger charge is -2.10. The Balaban J connectivity index is 1.44. The van der Waals surface area contributed by atoms with E-state index in [0.29, 0.717) is 33.7 Å². The number of ketones is 1. The zero-order chi connectivity index (χ0) is 24.7. The summed E-state index contributed by atoms with van der Waals surface area (Å²) in [5.74, 6) is 1.99. The quantitative estimate of drug-likeness (QED) is 0.254. The van der Waals surface area contributed by atoms with Crippen LogP contribution in [0, 0.1) is 6.92 Å². The summed E-state index contributed by atoms with van der Waals surface area (Å²) >= 11 is 12.1. The molecule has 178 valence electrons. The Morgan fingerprint density at radius 1 is 1.03 bits per heavy atom. The molecule has 0 spiro atoms. The smallest absolute Gasteiger partial charge is 0.232 e. The van der Waals surface area contributed by atoms with Crippen molar-refractivity contribution in [3.63, 3.8) is 0 Å². The van der Waals surface area contributed by atoms with Gasteiger partial charge in [-0.3, -0.25) is 4.79 Å². The SMILES string of the molecule is CCn1cc(/C=C2\Oc3cc(OCc4ccc(Cl)c(Cl)c4)cc(C)c3C2=O)c2cc(OC)ccc21. The van der Waals surface area contributed by atoms with Crippen molar-refractivity contribution in [3.8, 4) is 17.2 Å². The third-order valence-corrected chi connectivity index (χ3v) is 6.82. The Bertz CT molecular complexity index is 1500. The summed E-state index contributed by atoms with van der Waals surface area (Å²) < 4.78 is 19.5. The van der Waals surface area contributed by atoms with Gasteiger partial charge in [0.25, 0.3) is 0 Å². The standard InChI is InChI=1S/C28H23Cl2NO4/c1-4-31-14-18(21-12-19(33-3)6-8-24(21)31)11-26-28(32)27-16(2)9-20(13-25(27)35-26)34-15-17-5-7-22(29)23(30)10-17/h5-14H,4,15H2,1-3H3/b26-11-. The minimum absolute atomic E-state index is 0.145.